The molecular weight excluding hydrogens is 182 g/mol. The lowest BCUT2D eigenvalue weighted by molar-refractivity contribution is -0.438. The molecule has 0 fully saturated rings. The fourth-order valence-corrected chi connectivity index (χ4v) is 1.27. The number of rotatable bonds is 8. The Balaban J connectivity index is 3.25. The number of hydrogen-bond donors (Lipinski definition) is 2. The minimum Gasteiger partial charge on any atom is -0.544 e. The molecule has 2 atom stereocenters. The van der Waals surface area contributed by atoms with E-state index in [1.807, 2.05) is 6.92 Å². The van der Waals surface area contributed by atoms with E-state index in [9.17, 15) is 15.0 Å². The second-order valence-electron chi connectivity index (χ2n) is 3.72. The van der Waals surface area contributed by atoms with Crippen LogP contribution >= 0.6 is 0 Å². The number of carbonyl (C=O) groups excluding carboxylic acids is 1. The van der Waals surface area contributed by atoms with E-state index >= 15 is 0 Å². The molecule has 0 aliphatic rings. The highest BCUT2D eigenvalue weighted by molar-refractivity contribution is 5.68. The summed E-state index contributed by atoms with van der Waals surface area (Å²) in [5, 5.41) is 19.5. The zero-order valence-electron chi connectivity index (χ0n) is 8.87. The molecular formula is C10H21NO3. The van der Waals surface area contributed by atoms with Gasteiger partial charge in [-0.15, -0.1) is 0 Å². The van der Waals surface area contributed by atoms with Gasteiger partial charge in [0.05, 0.1) is 12.1 Å². The lowest BCUT2D eigenvalue weighted by Crippen LogP contribution is -2.68. The summed E-state index contributed by atoms with van der Waals surface area (Å²) < 4.78 is 0. The van der Waals surface area contributed by atoms with E-state index in [4.69, 9.17) is 0 Å². The van der Waals surface area contributed by atoms with Crippen molar-refractivity contribution in [2.75, 3.05) is 0 Å². The summed E-state index contributed by atoms with van der Waals surface area (Å²) in [6.45, 7) is 1.95. The molecule has 0 aromatic heterocycles. The van der Waals surface area contributed by atoms with Gasteiger partial charge in [0.2, 0.25) is 0 Å². The Labute approximate surface area is 85.1 Å². The summed E-state index contributed by atoms with van der Waals surface area (Å²) >= 11 is 0. The fraction of sp³-hybridized carbons (Fsp3) is 0.900. The highest BCUT2D eigenvalue weighted by Crippen LogP contribution is 2.08. The molecule has 0 unspecified atom stereocenters. The summed E-state index contributed by atoms with van der Waals surface area (Å²) in [4.78, 5) is 10.3. The third-order valence-corrected chi connectivity index (χ3v) is 2.39. The van der Waals surface area contributed by atoms with Crippen LogP contribution in [0.15, 0.2) is 0 Å². The Bertz CT molecular complexity index is 161. The van der Waals surface area contributed by atoms with Crippen molar-refractivity contribution >= 4 is 5.97 Å². The Morgan fingerprint density at radius 2 is 1.93 bits per heavy atom. The molecule has 0 rings (SSSR count). The van der Waals surface area contributed by atoms with Crippen molar-refractivity contribution in [1.29, 1.82) is 0 Å². The van der Waals surface area contributed by atoms with Crippen LogP contribution in [0, 0.1) is 0 Å². The Morgan fingerprint density at radius 1 is 1.36 bits per heavy atom. The number of quaternary nitrogens is 1. The van der Waals surface area contributed by atoms with Crippen LogP contribution in [-0.4, -0.2) is 23.2 Å². The average molecular weight is 203 g/mol. The topological polar surface area (TPSA) is 88.0 Å². The number of aliphatic hydroxyl groups is 1. The molecule has 0 aromatic rings. The highest BCUT2D eigenvalue weighted by Gasteiger charge is 2.06. The van der Waals surface area contributed by atoms with Crippen LogP contribution in [-0.2, 0) is 4.79 Å². The maximum Gasteiger partial charge on any atom is 0.124 e. The largest absolute Gasteiger partial charge is 0.544 e. The van der Waals surface area contributed by atoms with Crippen LogP contribution in [0.1, 0.15) is 45.4 Å². The van der Waals surface area contributed by atoms with Crippen molar-refractivity contribution < 1.29 is 20.7 Å². The highest BCUT2D eigenvalue weighted by atomic mass is 16.4. The van der Waals surface area contributed by atoms with Gasteiger partial charge in [-0.2, -0.15) is 0 Å². The molecule has 0 aliphatic carbocycles. The molecule has 0 heterocycles. The van der Waals surface area contributed by atoms with Gasteiger partial charge in [-0.1, -0.05) is 19.8 Å². The molecule has 84 valence electrons. The number of hydrogen-bond acceptors (Lipinski definition) is 3. The van der Waals surface area contributed by atoms with Gasteiger partial charge in [-0.3, -0.25) is 0 Å². The quantitative estimate of drug-likeness (QED) is 0.499. The van der Waals surface area contributed by atoms with Gasteiger partial charge >= 0.3 is 0 Å². The first-order valence-electron chi connectivity index (χ1n) is 5.30. The molecule has 4 N–H and O–H groups in total. The van der Waals surface area contributed by atoms with Crippen LogP contribution in [0.25, 0.3) is 0 Å². The summed E-state index contributed by atoms with van der Waals surface area (Å²) in [5.41, 5.74) is 3.48. The predicted octanol–water partition coefficient (Wildman–Crippen LogP) is -0.932. The van der Waals surface area contributed by atoms with E-state index in [1.54, 1.807) is 0 Å². The lowest BCUT2D eigenvalue weighted by Gasteiger charge is -2.09. The molecule has 4 nitrogen and oxygen atoms in total. The van der Waals surface area contributed by atoms with Gasteiger partial charge in [0.1, 0.15) is 6.04 Å². The second kappa shape index (κ2) is 7.76. The van der Waals surface area contributed by atoms with Crippen molar-refractivity contribution in [2.24, 2.45) is 0 Å². The summed E-state index contributed by atoms with van der Waals surface area (Å²) in [6, 6.07) is -0.592. The average Bonchev–Trinajstić information content (AvgIpc) is 2.16. The number of carboxylic acid groups (broad SMARTS) is 1. The minimum atomic E-state index is -1.07. The number of carboxylic acids is 1. The van der Waals surface area contributed by atoms with Gasteiger partial charge in [0.15, 0.2) is 0 Å². The van der Waals surface area contributed by atoms with Crippen LogP contribution in [0.4, 0.5) is 0 Å². The van der Waals surface area contributed by atoms with Crippen LogP contribution < -0.4 is 10.8 Å². The standard InChI is InChI=1S/C10H21NO3/c1-2-8(12)6-4-3-5-7-9(11)10(13)14/h8-9,12H,2-7,11H2,1H3,(H,13,14)/t8-,9+/m1/s1. The van der Waals surface area contributed by atoms with Crippen molar-refractivity contribution in [3.63, 3.8) is 0 Å². The lowest BCUT2D eigenvalue weighted by atomic mass is 10.1. The molecule has 0 spiro atoms. The molecule has 0 bridgehead atoms. The molecule has 0 aromatic carbocycles. The molecule has 0 aliphatic heterocycles. The summed E-state index contributed by atoms with van der Waals surface area (Å²) in [5.74, 6) is -1.07. The molecule has 0 saturated carbocycles. The first-order valence-corrected chi connectivity index (χ1v) is 5.30. The SMILES string of the molecule is CC[C@@H](O)CCCCC[C@H]([NH3+])C(=O)[O-]. The van der Waals surface area contributed by atoms with E-state index in [2.05, 4.69) is 5.73 Å². The molecule has 0 radical (unpaired) electrons. The smallest absolute Gasteiger partial charge is 0.124 e. The van der Waals surface area contributed by atoms with Crippen molar-refractivity contribution in [3.8, 4) is 0 Å². The number of aliphatic hydroxyl groups excluding tert-OH is 1. The van der Waals surface area contributed by atoms with E-state index in [0.29, 0.717) is 6.42 Å². The van der Waals surface area contributed by atoms with Gasteiger partial charge in [-0.25, -0.2) is 0 Å². The van der Waals surface area contributed by atoms with E-state index in [1.165, 1.54) is 0 Å². The zero-order valence-corrected chi connectivity index (χ0v) is 8.87. The summed E-state index contributed by atoms with van der Waals surface area (Å²) in [6.07, 6.45) is 4.72. The van der Waals surface area contributed by atoms with Crippen molar-refractivity contribution in [1.82, 2.24) is 0 Å². The van der Waals surface area contributed by atoms with E-state index in [0.717, 1.165) is 32.1 Å². The van der Waals surface area contributed by atoms with Crippen molar-refractivity contribution in [3.05, 3.63) is 0 Å². The third-order valence-electron chi connectivity index (χ3n) is 2.39. The number of aliphatic carboxylic acids is 1. The van der Waals surface area contributed by atoms with Gasteiger partial charge in [0, 0.05) is 6.42 Å². The minimum absolute atomic E-state index is 0.202. The van der Waals surface area contributed by atoms with E-state index in [-0.39, 0.29) is 6.10 Å². The Kier molecular flexibility index (Phi) is 7.42. The molecule has 0 saturated heterocycles. The summed E-state index contributed by atoms with van der Waals surface area (Å²) in [7, 11) is 0. The Morgan fingerprint density at radius 3 is 2.43 bits per heavy atom. The maximum absolute atomic E-state index is 10.3. The normalized spacial score (nSPS) is 15.1. The van der Waals surface area contributed by atoms with E-state index < -0.39 is 12.0 Å². The first kappa shape index (κ1) is 13.4. The Hall–Kier alpha value is -0.610. The number of carbonyl (C=O) groups is 1. The van der Waals surface area contributed by atoms with Gasteiger partial charge in [-0.05, 0) is 19.3 Å². The first-order chi connectivity index (χ1) is 6.57. The molecule has 0 amide bonds. The second-order valence-corrected chi connectivity index (χ2v) is 3.72. The predicted molar refractivity (Wildman–Crippen MR) is 51.1 cm³/mol. The molecule has 14 heavy (non-hydrogen) atoms. The fourth-order valence-electron chi connectivity index (χ4n) is 1.27. The monoisotopic (exact) mass is 203 g/mol. The number of unbranched alkanes of at least 4 members (excludes halogenated alkanes) is 2. The third kappa shape index (κ3) is 6.86. The van der Waals surface area contributed by atoms with Crippen molar-refractivity contribution in [2.45, 2.75) is 57.6 Å². The molecule has 4 heteroatoms. The van der Waals surface area contributed by atoms with Gasteiger partial charge in [0.25, 0.3) is 0 Å². The van der Waals surface area contributed by atoms with Crippen LogP contribution in [0.2, 0.25) is 0 Å². The maximum atomic E-state index is 10.3. The van der Waals surface area contributed by atoms with Gasteiger partial charge < -0.3 is 20.7 Å². The van der Waals surface area contributed by atoms with Crippen LogP contribution in [0.3, 0.4) is 0 Å². The van der Waals surface area contributed by atoms with Crippen LogP contribution in [0.5, 0.6) is 0 Å². The zero-order chi connectivity index (χ0) is 11.0.